The quantitative estimate of drug-likeness (QED) is 0.652. The first kappa shape index (κ1) is 16.4. The second kappa shape index (κ2) is 7.21. The molecule has 0 aromatic heterocycles. The van der Waals surface area contributed by atoms with E-state index in [1.807, 2.05) is 0 Å². The Bertz CT molecular complexity index is 397. The van der Waals surface area contributed by atoms with Crippen LogP contribution in [0.4, 0.5) is 0 Å². The minimum Gasteiger partial charge on any atom is -0.469 e. The maximum Gasteiger partial charge on any atom is 0.306 e. The lowest BCUT2D eigenvalue weighted by Crippen LogP contribution is -2.41. The summed E-state index contributed by atoms with van der Waals surface area (Å²) in [6, 6.07) is 0. The van der Waals surface area contributed by atoms with Crippen LogP contribution in [-0.4, -0.2) is 56.8 Å². The Balaban J connectivity index is 2.53. The van der Waals surface area contributed by atoms with Crippen molar-refractivity contribution >= 4 is 16.2 Å². The van der Waals surface area contributed by atoms with E-state index in [0.29, 0.717) is 19.0 Å². The van der Waals surface area contributed by atoms with Crippen molar-refractivity contribution in [2.24, 2.45) is 5.92 Å². The average molecular weight is 292 g/mol. The summed E-state index contributed by atoms with van der Waals surface area (Å²) in [4.78, 5) is 11.0. The van der Waals surface area contributed by atoms with Gasteiger partial charge in [-0.25, -0.2) is 0 Å². The van der Waals surface area contributed by atoms with Gasteiger partial charge in [-0.2, -0.15) is 17.0 Å². The molecule has 19 heavy (non-hydrogen) atoms. The second-order valence-electron chi connectivity index (χ2n) is 4.96. The third kappa shape index (κ3) is 4.43. The maximum absolute atomic E-state index is 12.3. The van der Waals surface area contributed by atoms with Crippen LogP contribution in [0.5, 0.6) is 0 Å². The highest BCUT2D eigenvalue weighted by Gasteiger charge is 2.33. The smallest absolute Gasteiger partial charge is 0.306 e. The van der Waals surface area contributed by atoms with Gasteiger partial charge in [0.05, 0.1) is 13.5 Å². The summed E-state index contributed by atoms with van der Waals surface area (Å²) in [6.07, 6.45) is 3.16. The highest BCUT2D eigenvalue weighted by molar-refractivity contribution is 7.86. The lowest BCUT2D eigenvalue weighted by atomic mass is 10.0. The second-order valence-corrected chi connectivity index (χ2v) is 6.99. The predicted octanol–water partition coefficient (Wildman–Crippen LogP) is 0.848. The van der Waals surface area contributed by atoms with Crippen LogP contribution in [0.2, 0.25) is 0 Å². The molecule has 0 spiro atoms. The zero-order valence-corrected chi connectivity index (χ0v) is 12.8. The van der Waals surface area contributed by atoms with Crippen LogP contribution >= 0.6 is 0 Å². The summed E-state index contributed by atoms with van der Waals surface area (Å²) in [6.45, 7) is 3.44. The molecule has 1 rings (SSSR count). The van der Waals surface area contributed by atoms with Crippen LogP contribution in [0.3, 0.4) is 0 Å². The Labute approximate surface area is 115 Å². The number of ether oxygens (including phenoxy) is 1. The molecule has 1 aliphatic rings. The summed E-state index contributed by atoms with van der Waals surface area (Å²) in [5.41, 5.74) is 0. The number of rotatable bonds is 7. The molecule has 6 nitrogen and oxygen atoms in total. The molecule has 7 heteroatoms. The largest absolute Gasteiger partial charge is 0.469 e. The minimum atomic E-state index is -3.43. The number of hydrogen-bond acceptors (Lipinski definition) is 4. The van der Waals surface area contributed by atoms with Crippen molar-refractivity contribution in [3.8, 4) is 0 Å². The van der Waals surface area contributed by atoms with Crippen molar-refractivity contribution < 1.29 is 17.9 Å². The van der Waals surface area contributed by atoms with E-state index in [0.717, 1.165) is 19.3 Å². The molecule has 0 saturated carbocycles. The third-order valence-corrected chi connectivity index (χ3v) is 5.48. The van der Waals surface area contributed by atoms with Crippen molar-refractivity contribution in [2.45, 2.75) is 32.6 Å². The SMILES string of the molecule is CCCC1CCN(S(=O)(=O)N(C)CCC(=O)OC)C1. The van der Waals surface area contributed by atoms with Crippen LogP contribution in [0.15, 0.2) is 0 Å². The number of esters is 1. The molecule has 0 bridgehead atoms. The van der Waals surface area contributed by atoms with Crippen LogP contribution < -0.4 is 0 Å². The molecule has 1 saturated heterocycles. The Kier molecular flexibility index (Phi) is 6.22. The van der Waals surface area contributed by atoms with Gasteiger partial charge in [-0.1, -0.05) is 13.3 Å². The van der Waals surface area contributed by atoms with Gasteiger partial charge in [0.15, 0.2) is 0 Å². The molecule has 0 aromatic carbocycles. The van der Waals surface area contributed by atoms with E-state index in [4.69, 9.17) is 0 Å². The molecule has 0 N–H and O–H groups in total. The summed E-state index contributed by atoms with van der Waals surface area (Å²) < 4.78 is 31.8. The number of nitrogens with zero attached hydrogens (tertiary/aromatic N) is 2. The highest BCUT2D eigenvalue weighted by Crippen LogP contribution is 2.24. The molecular formula is C12H24N2O4S. The van der Waals surface area contributed by atoms with Gasteiger partial charge in [0.25, 0.3) is 10.2 Å². The summed E-state index contributed by atoms with van der Waals surface area (Å²) >= 11 is 0. The van der Waals surface area contributed by atoms with Crippen LogP contribution in [0, 0.1) is 5.92 Å². The van der Waals surface area contributed by atoms with E-state index in [2.05, 4.69) is 11.7 Å². The molecule has 0 radical (unpaired) electrons. The van der Waals surface area contributed by atoms with Crippen LogP contribution in [0.1, 0.15) is 32.6 Å². The third-order valence-electron chi connectivity index (χ3n) is 3.52. The topological polar surface area (TPSA) is 66.9 Å². The molecule has 0 aromatic rings. The van der Waals surface area contributed by atoms with E-state index < -0.39 is 16.2 Å². The van der Waals surface area contributed by atoms with Crippen molar-refractivity contribution in [3.63, 3.8) is 0 Å². The monoisotopic (exact) mass is 292 g/mol. The predicted molar refractivity (Wildman–Crippen MR) is 72.8 cm³/mol. The van der Waals surface area contributed by atoms with Gasteiger partial charge >= 0.3 is 5.97 Å². The Morgan fingerprint density at radius 1 is 1.47 bits per heavy atom. The van der Waals surface area contributed by atoms with Gasteiger partial charge < -0.3 is 4.74 Å². The van der Waals surface area contributed by atoms with Crippen molar-refractivity contribution in [1.29, 1.82) is 0 Å². The lowest BCUT2D eigenvalue weighted by Gasteiger charge is -2.23. The first-order valence-corrected chi connectivity index (χ1v) is 8.09. The first-order valence-electron chi connectivity index (χ1n) is 6.70. The zero-order valence-electron chi connectivity index (χ0n) is 12.0. The standard InChI is InChI=1S/C12H24N2O4S/c1-4-5-11-6-9-14(10-11)19(16,17)13(2)8-7-12(15)18-3/h11H,4-10H2,1-3H3. The average Bonchev–Trinajstić information content (AvgIpc) is 2.85. The van der Waals surface area contributed by atoms with Gasteiger partial charge in [0.1, 0.15) is 0 Å². The Morgan fingerprint density at radius 3 is 2.74 bits per heavy atom. The van der Waals surface area contributed by atoms with E-state index in [1.165, 1.54) is 22.8 Å². The number of hydrogen-bond donors (Lipinski definition) is 0. The summed E-state index contributed by atoms with van der Waals surface area (Å²) in [7, 11) is -0.631. The van der Waals surface area contributed by atoms with E-state index in [-0.39, 0.29) is 13.0 Å². The number of carbonyl (C=O) groups is 1. The van der Waals surface area contributed by atoms with Gasteiger partial charge in [0.2, 0.25) is 0 Å². The molecule has 1 unspecified atom stereocenters. The van der Waals surface area contributed by atoms with Crippen LogP contribution in [0.25, 0.3) is 0 Å². The normalized spacial score (nSPS) is 20.9. The van der Waals surface area contributed by atoms with Gasteiger partial charge in [-0.15, -0.1) is 0 Å². The number of methoxy groups -OCH3 is 1. The van der Waals surface area contributed by atoms with Gasteiger partial charge in [-0.05, 0) is 18.8 Å². The zero-order chi connectivity index (χ0) is 14.5. The molecule has 1 heterocycles. The molecule has 112 valence electrons. The van der Waals surface area contributed by atoms with E-state index >= 15 is 0 Å². The Morgan fingerprint density at radius 2 is 2.16 bits per heavy atom. The fourth-order valence-corrected chi connectivity index (χ4v) is 3.77. The molecule has 1 aliphatic heterocycles. The van der Waals surface area contributed by atoms with E-state index in [9.17, 15) is 13.2 Å². The fourth-order valence-electron chi connectivity index (χ4n) is 2.31. The number of carbonyl (C=O) groups excluding carboxylic acids is 1. The highest BCUT2D eigenvalue weighted by atomic mass is 32.2. The van der Waals surface area contributed by atoms with Crippen molar-refractivity contribution in [1.82, 2.24) is 8.61 Å². The van der Waals surface area contributed by atoms with Crippen molar-refractivity contribution in [2.75, 3.05) is 33.8 Å². The summed E-state index contributed by atoms with van der Waals surface area (Å²) in [5.74, 6) is 0.0705. The first-order chi connectivity index (χ1) is 8.91. The molecule has 1 atom stereocenters. The molecule has 1 fully saturated rings. The van der Waals surface area contributed by atoms with Gasteiger partial charge in [-0.3, -0.25) is 4.79 Å². The van der Waals surface area contributed by atoms with Gasteiger partial charge in [0, 0.05) is 26.7 Å². The van der Waals surface area contributed by atoms with Crippen LogP contribution in [-0.2, 0) is 19.7 Å². The van der Waals surface area contributed by atoms with Crippen molar-refractivity contribution in [3.05, 3.63) is 0 Å². The molecule has 0 aliphatic carbocycles. The van der Waals surface area contributed by atoms with E-state index in [1.54, 1.807) is 0 Å². The molecular weight excluding hydrogens is 268 g/mol. The fraction of sp³-hybridized carbons (Fsp3) is 0.917. The minimum absolute atomic E-state index is 0.0818. The lowest BCUT2D eigenvalue weighted by molar-refractivity contribution is -0.140. The molecule has 0 amide bonds. The summed E-state index contributed by atoms with van der Waals surface area (Å²) in [5, 5.41) is 0. The maximum atomic E-state index is 12.3. The Hall–Kier alpha value is -0.660.